The molecule has 0 amide bonds. The van der Waals surface area contributed by atoms with Crippen LogP contribution in [0.1, 0.15) is 51.4 Å². The largest absolute Gasteiger partial charge is 0.329 e. The van der Waals surface area contributed by atoms with Gasteiger partial charge in [-0.3, -0.25) is 0 Å². The second-order valence-electron chi connectivity index (χ2n) is 5.29. The lowest BCUT2D eigenvalue weighted by atomic mass is 9.93. The zero-order chi connectivity index (χ0) is 12.3. The minimum atomic E-state index is -3.09. The first-order valence-electron chi connectivity index (χ1n) is 6.87. The van der Waals surface area contributed by atoms with Crippen LogP contribution in [0.15, 0.2) is 0 Å². The van der Waals surface area contributed by atoms with Crippen LogP contribution in [0.3, 0.4) is 0 Å². The van der Waals surface area contributed by atoms with E-state index in [2.05, 4.69) is 0 Å². The molecular weight excluding hydrogens is 236 g/mol. The van der Waals surface area contributed by atoms with Crippen molar-refractivity contribution in [3.8, 4) is 0 Å². The molecule has 5 heteroatoms. The van der Waals surface area contributed by atoms with Gasteiger partial charge in [0, 0.05) is 19.1 Å². The topological polar surface area (TPSA) is 63.4 Å². The third kappa shape index (κ3) is 2.83. The van der Waals surface area contributed by atoms with Gasteiger partial charge in [0.2, 0.25) is 10.0 Å². The maximum absolute atomic E-state index is 12.6. The van der Waals surface area contributed by atoms with Crippen molar-refractivity contribution in [2.75, 3.05) is 13.1 Å². The Kier molecular flexibility index (Phi) is 4.44. The zero-order valence-electron chi connectivity index (χ0n) is 10.5. The molecule has 0 spiro atoms. The normalized spacial score (nSPS) is 23.9. The van der Waals surface area contributed by atoms with Crippen LogP contribution in [0.25, 0.3) is 0 Å². The summed E-state index contributed by atoms with van der Waals surface area (Å²) in [6, 6.07) is 0.241. The van der Waals surface area contributed by atoms with Gasteiger partial charge in [-0.15, -0.1) is 0 Å². The molecule has 0 saturated heterocycles. The number of hydrogen-bond acceptors (Lipinski definition) is 3. The van der Waals surface area contributed by atoms with E-state index in [1.165, 1.54) is 6.42 Å². The number of hydrogen-bond donors (Lipinski definition) is 1. The summed E-state index contributed by atoms with van der Waals surface area (Å²) >= 11 is 0. The molecule has 2 aliphatic rings. The molecular formula is C12H24N2O2S. The number of rotatable bonds is 5. The van der Waals surface area contributed by atoms with Crippen molar-refractivity contribution in [3.05, 3.63) is 0 Å². The van der Waals surface area contributed by atoms with Gasteiger partial charge < -0.3 is 5.73 Å². The standard InChI is InChI=1S/C12H24N2O2S/c13-9-10-14(11-5-4-6-11)17(15,16)12-7-2-1-3-8-12/h11-12H,1-10,13H2. The average Bonchev–Trinajstić information content (AvgIpc) is 2.27. The first-order chi connectivity index (χ1) is 8.16. The highest BCUT2D eigenvalue weighted by molar-refractivity contribution is 7.89. The predicted octanol–water partition coefficient (Wildman–Crippen LogP) is 1.46. The minimum absolute atomic E-state index is 0.136. The molecule has 0 aromatic rings. The molecule has 2 saturated carbocycles. The van der Waals surface area contributed by atoms with E-state index in [1.807, 2.05) is 0 Å². The maximum atomic E-state index is 12.6. The molecule has 0 aromatic heterocycles. The van der Waals surface area contributed by atoms with Crippen molar-refractivity contribution in [1.29, 1.82) is 0 Å². The summed E-state index contributed by atoms with van der Waals surface area (Å²) in [6.45, 7) is 0.936. The molecule has 2 aliphatic carbocycles. The Hall–Kier alpha value is -0.130. The molecule has 4 nitrogen and oxygen atoms in total. The molecule has 0 atom stereocenters. The fourth-order valence-corrected chi connectivity index (χ4v) is 5.17. The lowest BCUT2D eigenvalue weighted by Gasteiger charge is -2.39. The average molecular weight is 260 g/mol. The summed E-state index contributed by atoms with van der Waals surface area (Å²) in [7, 11) is -3.09. The van der Waals surface area contributed by atoms with Crippen LogP contribution in [0.4, 0.5) is 0 Å². The highest BCUT2D eigenvalue weighted by Gasteiger charge is 2.38. The second-order valence-corrected chi connectivity index (χ2v) is 7.45. The van der Waals surface area contributed by atoms with Crippen LogP contribution in [0, 0.1) is 0 Å². The van der Waals surface area contributed by atoms with Gasteiger partial charge in [0.1, 0.15) is 0 Å². The SMILES string of the molecule is NCCN(C1CCC1)S(=O)(=O)C1CCCCC1. The second kappa shape index (κ2) is 5.67. The Labute approximate surface area is 105 Å². The highest BCUT2D eigenvalue weighted by atomic mass is 32.2. The van der Waals surface area contributed by atoms with E-state index >= 15 is 0 Å². The van der Waals surface area contributed by atoms with E-state index in [0.29, 0.717) is 13.1 Å². The minimum Gasteiger partial charge on any atom is -0.329 e. The Balaban J connectivity index is 2.08. The molecule has 0 unspecified atom stereocenters. The van der Waals surface area contributed by atoms with Gasteiger partial charge in [0.05, 0.1) is 5.25 Å². The van der Waals surface area contributed by atoms with E-state index in [-0.39, 0.29) is 11.3 Å². The van der Waals surface area contributed by atoms with Crippen molar-refractivity contribution in [2.45, 2.75) is 62.7 Å². The highest BCUT2D eigenvalue weighted by Crippen LogP contribution is 2.32. The van der Waals surface area contributed by atoms with Crippen LogP contribution in [-0.2, 0) is 10.0 Å². The summed E-state index contributed by atoms with van der Waals surface area (Å²) < 4.78 is 26.9. The summed E-state index contributed by atoms with van der Waals surface area (Å²) in [4.78, 5) is 0. The summed E-state index contributed by atoms with van der Waals surface area (Å²) in [5.74, 6) is 0. The van der Waals surface area contributed by atoms with Crippen molar-refractivity contribution >= 4 is 10.0 Å². The van der Waals surface area contributed by atoms with Crippen molar-refractivity contribution in [2.24, 2.45) is 5.73 Å². The maximum Gasteiger partial charge on any atom is 0.217 e. The van der Waals surface area contributed by atoms with Gasteiger partial charge >= 0.3 is 0 Å². The Bertz CT molecular complexity index is 332. The molecule has 0 aliphatic heterocycles. The van der Waals surface area contributed by atoms with Crippen LogP contribution in [0.2, 0.25) is 0 Å². The smallest absolute Gasteiger partial charge is 0.217 e. The Morgan fingerprint density at radius 3 is 2.12 bits per heavy atom. The monoisotopic (exact) mass is 260 g/mol. The molecule has 100 valence electrons. The summed E-state index contributed by atoms with van der Waals surface area (Å²) in [5, 5.41) is -0.136. The quantitative estimate of drug-likeness (QED) is 0.814. The van der Waals surface area contributed by atoms with Gasteiger partial charge in [0.25, 0.3) is 0 Å². The number of nitrogens with zero attached hydrogens (tertiary/aromatic N) is 1. The van der Waals surface area contributed by atoms with Gasteiger partial charge in [-0.05, 0) is 25.7 Å². The number of sulfonamides is 1. The fraction of sp³-hybridized carbons (Fsp3) is 1.00. The summed E-state index contributed by atoms with van der Waals surface area (Å²) in [6.07, 6.45) is 8.19. The molecule has 0 bridgehead atoms. The number of nitrogens with two attached hydrogens (primary N) is 1. The van der Waals surface area contributed by atoms with Gasteiger partial charge in [-0.2, -0.15) is 4.31 Å². The molecule has 2 fully saturated rings. The van der Waals surface area contributed by atoms with Gasteiger partial charge in [0.15, 0.2) is 0 Å². The molecule has 0 aromatic carbocycles. The zero-order valence-corrected chi connectivity index (χ0v) is 11.3. The Morgan fingerprint density at radius 1 is 1.00 bits per heavy atom. The molecule has 2 N–H and O–H groups in total. The van der Waals surface area contributed by atoms with Gasteiger partial charge in [-0.1, -0.05) is 25.7 Å². The lowest BCUT2D eigenvalue weighted by molar-refractivity contribution is 0.219. The predicted molar refractivity (Wildman–Crippen MR) is 69.2 cm³/mol. The summed E-state index contributed by atoms with van der Waals surface area (Å²) in [5.41, 5.74) is 5.57. The van der Waals surface area contributed by atoms with Crippen LogP contribution in [-0.4, -0.2) is 37.1 Å². The van der Waals surface area contributed by atoms with E-state index in [1.54, 1.807) is 4.31 Å². The van der Waals surface area contributed by atoms with Crippen LogP contribution in [0.5, 0.6) is 0 Å². The Morgan fingerprint density at radius 2 is 1.65 bits per heavy atom. The first-order valence-corrected chi connectivity index (χ1v) is 8.37. The fourth-order valence-electron chi connectivity index (χ4n) is 2.87. The van der Waals surface area contributed by atoms with E-state index in [0.717, 1.165) is 44.9 Å². The van der Waals surface area contributed by atoms with Crippen LogP contribution >= 0.6 is 0 Å². The third-order valence-corrected chi connectivity index (χ3v) is 6.58. The van der Waals surface area contributed by atoms with E-state index in [9.17, 15) is 8.42 Å². The van der Waals surface area contributed by atoms with Crippen molar-refractivity contribution in [1.82, 2.24) is 4.31 Å². The molecule has 17 heavy (non-hydrogen) atoms. The first kappa shape index (κ1) is 13.3. The molecule has 0 heterocycles. The van der Waals surface area contributed by atoms with Crippen molar-refractivity contribution < 1.29 is 8.42 Å². The third-order valence-electron chi connectivity index (χ3n) is 4.13. The van der Waals surface area contributed by atoms with E-state index < -0.39 is 10.0 Å². The van der Waals surface area contributed by atoms with Gasteiger partial charge in [-0.25, -0.2) is 8.42 Å². The molecule has 2 rings (SSSR count). The van der Waals surface area contributed by atoms with Crippen LogP contribution < -0.4 is 5.73 Å². The van der Waals surface area contributed by atoms with E-state index in [4.69, 9.17) is 5.73 Å². The lowest BCUT2D eigenvalue weighted by Crippen LogP contribution is -2.50. The van der Waals surface area contributed by atoms with Crippen molar-refractivity contribution in [3.63, 3.8) is 0 Å². The molecule has 0 radical (unpaired) electrons.